The molecule has 162 valence electrons. The second-order valence-corrected chi connectivity index (χ2v) is 8.93. The second kappa shape index (κ2) is 9.16. The summed E-state index contributed by atoms with van der Waals surface area (Å²) in [5.74, 6) is -0.486. The molecular weight excluding hydrogens is 392 g/mol. The van der Waals surface area contributed by atoms with Gasteiger partial charge < -0.3 is 15.2 Å². The van der Waals surface area contributed by atoms with Gasteiger partial charge in [-0.1, -0.05) is 56.7 Å². The zero-order valence-electron chi connectivity index (χ0n) is 18.3. The fourth-order valence-electron chi connectivity index (χ4n) is 3.23. The number of hydrogen-bond donors (Lipinski definition) is 2. The predicted molar refractivity (Wildman–Crippen MR) is 121 cm³/mol. The highest BCUT2D eigenvalue weighted by Crippen LogP contribution is 2.29. The molecule has 6 heteroatoms. The molecular formula is C25H28N2O4. The molecule has 1 atom stereocenters. The molecule has 0 fully saturated rings. The van der Waals surface area contributed by atoms with Crippen molar-refractivity contribution in [3.63, 3.8) is 0 Å². The van der Waals surface area contributed by atoms with Gasteiger partial charge in [-0.25, -0.2) is 9.78 Å². The van der Waals surface area contributed by atoms with Crippen LogP contribution in [0.4, 0.5) is 0 Å². The van der Waals surface area contributed by atoms with Gasteiger partial charge in [0.1, 0.15) is 11.8 Å². The number of aryl methyl sites for hydroxylation is 1. The molecule has 0 radical (unpaired) electrons. The molecule has 3 rings (SSSR count). The van der Waals surface area contributed by atoms with Crippen molar-refractivity contribution in [2.24, 2.45) is 5.41 Å². The van der Waals surface area contributed by atoms with Gasteiger partial charge in [0.25, 0.3) is 5.91 Å². The Balaban J connectivity index is 1.70. The van der Waals surface area contributed by atoms with Crippen LogP contribution in [0.1, 0.15) is 49.5 Å². The van der Waals surface area contributed by atoms with Crippen LogP contribution in [0.3, 0.4) is 0 Å². The number of carbonyl (C=O) groups is 2. The summed E-state index contributed by atoms with van der Waals surface area (Å²) in [6.45, 7) is 8.14. The monoisotopic (exact) mass is 420 g/mol. The molecule has 0 saturated heterocycles. The number of amides is 1. The molecule has 2 N–H and O–H groups in total. The van der Waals surface area contributed by atoms with Gasteiger partial charge in [0.05, 0.1) is 5.56 Å². The van der Waals surface area contributed by atoms with E-state index in [1.807, 2.05) is 58.0 Å². The van der Waals surface area contributed by atoms with E-state index in [2.05, 4.69) is 16.4 Å². The fraction of sp³-hybridized carbons (Fsp3) is 0.320. The van der Waals surface area contributed by atoms with Crippen LogP contribution in [0.15, 0.2) is 54.7 Å². The van der Waals surface area contributed by atoms with Gasteiger partial charge in [0, 0.05) is 17.6 Å². The summed E-state index contributed by atoms with van der Waals surface area (Å²) in [5, 5.41) is 14.1. The minimum atomic E-state index is -1.04. The number of benzene rings is 2. The van der Waals surface area contributed by atoms with Crippen molar-refractivity contribution in [3.8, 4) is 11.6 Å². The third kappa shape index (κ3) is 6.04. The van der Waals surface area contributed by atoms with Crippen molar-refractivity contribution in [1.29, 1.82) is 0 Å². The van der Waals surface area contributed by atoms with E-state index in [-0.39, 0.29) is 11.0 Å². The summed E-state index contributed by atoms with van der Waals surface area (Å²) in [4.78, 5) is 28.2. The normalized spacial score (nSPS) is 12.4. The maximum atomic E-state index is 12.5. The number of carbonyl (C=O) groups excluding carboxylic acids is 1. The number of fused-ring (bicyclic) bond motifs is 1. The molecule has 1 amide bonds. The highest BCUT2D eigenvalue weighted by atomic mass is 16.5. The first-order valence-electron chi connectivity index (χ1n) is 10.3. The zero-order chi connectivity index (χ0) is 22.6. The third-order valence-corrected chi connectivity index (χ3v) is 5.00. The van der Waals surface area contributed by atoms with E-state index in [0.29, 0.717) is 24.5 Å². The van der Waals surface area contributed by atoms with E-state index in [9.17, 15) is 14.7 Å². The fourth-order valence-corrected chi connectivity index (χ4v) is 3.23. The second-order valence-electron chi connectivity index (χ2n) is 8.93. The van der Waals surface area contributed by atoms with Crippen molar-refractivity contribution >= 4 is 22.6 Å². The van der Waals surface area contributed by atoms with E-state index in [1.165, 1.54) is 11.8 Å². The van der Waals surface area contributed by atoms with Crippen molar-refractivity contribution in [3.05, 3.63) is 65.9 Å². The number of pyridine rings is 1. The van der Waals surface area contributed by atoms with E-state index < -0.39 is 17.9 Å². The van der Waals surface area contributed by atoms with Gasteiger partial charge in [0.2, 0.25) is 5.88 Å². The van der Waals surface area contributed by atoms with Crippen molar-refractivity contribution in [2.75, 3.05) is 0 Å². The predicted octanol–water partition coefficient (Wildman–Crippen LogP) is 5.34. The Morgan fingerprint density at radius 1 is 1.13 bits per heavy atom. The Kier molecular flexibility index (Phi) is 6.59. The van der Waals surface area contributed by atoms with E-state index >= 15 is 0 Å². The van der Waals surface area contributed by atoms with Gasteiger partial charge in [-0.15, -0.1) is 0 Å². The molecule has 3 aromatic rings. The van der Waals surface area contributed by atoms with Crippen LogP contribution in [-0.2, 0) is 4.79 Å². The molecule has 2 aromatic carbocycles. The standard InChI is InChI=1S/C25H28N2O4/c1-16-8-10-19-17(14-16)6-5-7-21(19)31-22-11-9-18(15-26-22)23(28)27-20(24(29)30)12-13-25(2,3)4/h5-11,14-15,20H,12-13H2,1-4H3,(H,27,28)(H,29,30). The molecule has 31 heavy (non-hydrogen) atoms. The van der Waals surface area contributed by atoms with Gasteiger partial charge in [-0.3, -0.25) is 4.79 Å². The van der Waals surface area contributed by atoms with Crippen molar-refractivity contribution in [2.45, 2.75) is 46.6 Å². The highest BCUT2D eigenvalue weighted by Gasteiger charge is 2.23. The number of aliphatic carboxylic acids is 1. The number of hydrogen-bond acceptors (Lipinski definition) is 4. The molecule has 0 saturated carbocycles. The molecule has 1 unspecified atom stereocenters. The van der Waals surface area contributed by atoms with E-state index in [0.717, 1.165) is 10.8 Å². The average Bonchev–Trinajstić information content (AvgIpc) is 2.70. The number of rotatable bonds is 7. The zero-order valence-corrected chi connectivity index (χ0v) is 18.3. The maximum Gasteiger partial charge on any atom is 0.326 e. The minimum absolute atomic E-state index is 0.0146. The van der Waals surface area contributed by atoms with Gasteiger partial charge in [-0.2, -0.15) is 0 Å². The molecule has 0 spiro atoms. The lowest BCUT2D eigenvalue weighted by molar-refractivity contribution is -0.139. The van der Waals surface area contributed by atoms with Crippen LogP contribution in [0.2, 0.25) is 0 Å². The number of carboxylic acid groups (broad SMARTS) is 1. The highest BCUT2D eigenvalue weighted by molar-refractivity contribution is 5.96. The number of carboxylic acids is 1. The Morgan fingerprint density at radius 2 is 1.90 bits per heavy atom. The number of ether oxygens (including phenoxy) is 1. The SMILES string of the molecule is Cc1ccc2c(Oc3ccc(C(=O)NC(CCC(C)(C)C)C(=O)O)cn3)cccc2c1. The molecule has 0 aliphatic carbocycles. The van der Waals surface area contributed by atoms with Crippen LogP contribution in [-0.4, -0.2) is 28.0 Å². The maximum absolute atomic E-state index is 12.5. The summed E-state index contributed by atoms with van der Waals surface area (Å²) in [5.41, 5.74) is 1.43. The smallest absolute Gasteiger partial charge is 0.326 e. The van der Waals surface area contributed by atoms with Crippen molar-refractivity contribution in [1.82, 2.24) is 10.3 Å². The first-order chi connectivity index (χ1) is 14.6. The number of nitrogens with one attached hydrogen (secondary N) is 1. The molecule has 6 nitrogen and oxygen atoms in total. The Bertz CT molecular complexity index is 1080. The summed E-state index contributed by atoms with van der Waals surface area (Å²) in [7, 11) is 0. The van der Waals surface area contributed by atoms with Crippen LogP contribution < -0.4 is 10.1 Å². The lowest BCUT2D eigenvalue weighted by atomic mass is 9.88. The lowest BCUT2D eigenvalue weighted by Crippen LogP contribution is -2.41. The topological polar surface area (TPSA) is 88.5 Å². The first kappa shape index (κ1) is 22.3. The summed E-state index contributed by atoms with van der Waals surface area (Å²) < 4.78 is 5.92. The Hall–Kier alpha value is -3.41. The van der Waals surface area contributed by atoms with Crippen LogP contribution in [0, 0.1) is 12.3 Å². The molecule has 0 bridgehead atoms. The largest absolute Gasteiger partial charge is 0.480 e. The van der Waals surface area contributed by atoms with Gasteiger partial charge >= 0.3 is 5.97 Å². The lowest BCUT2D eigenvalue weighted by Gasteiger charge is -2.21. The minimum Gasteiger partial charge on any atom is -0.480 e. The Labute approximate surface area is 182 Å². The van der Waals surface area contributed by atoms with Crippen LogP contribution in [0.5, 0.6) is 11.6 Å². The van der Waals surface area contributed by atoms with E-state index in [4.69, 9.17) is 4.74 Å². The quantitative estimate of drug-likeness (QED) is 0.538. The van der Waals surface area contributed by atoms with Crippen LogP contribution in [0.25, 0.3) is 10.8 Å². The first-order valence-corrected chi connectivity index (χ1v) is 10.3. The summed E-state index contributed by atoms with van der Waals surface area (Å²) in [6.07, 6.45) is 2.43. The number of aromatic nitrogens is 1. The van der Waals surface area contributed by atoms with Crippen LogP contribution >= 0.6 is 0 Å². The average molecular weight is 421 g/mol. The molecule has 0 aliphatic heterocycles. The number of nitrogens with zero attached hydrogens (tertiary/aromatic N) is 1. The Morgan fingerprint density at radius 3 is 2.55 bits per heavy atom. The van der Waals surface area contributed by atoms with Gasteiger partial charge in [-0.05, 0) is 42.7 Å². The summed E-state index contributed by atoms with van der Waals surface area (Å²) >= 11 is 0. The van der Waals surface area contributed by atoms with Gasteiger partial charge in [0.15, 0.2) is 0 Å². The summed E-state index contributed by atoms with van der Waals surface area (Å²) in [6, 6.07) is 14.2. The molecule has 1 aromatic heterocycles. The van der Waals surface area contributed by atoms with Crippen molar-refractivity contribution < 1.29 is 19.4 Å². The van der Waals surface area contributed by atoms with E-state index in [1.54, 1.807) is 12.1 Å². The molecule has 1 heterocycles. The third-order valence-electron chi connectivity index (χ3n) is 5.00. The molecule has 0 aliphatic rings.